The maximum Gasteiger partial charge on any atom is 0.338 e. The molecule has 0 aromatic heterocycles. The van der Waals surface area contributed by atoms with E-state index in [2.05, 4.69) is 6.92 Å². The first-order chi connectivity index (χ1) is 21.2. The lowest BCUT2D eigenvalue weighted by molar-refractivity contribution is -0.145. The monoisotopic (exact) mass is 616 g/mol. The molecule has 0 saturated carbocycles. The van der Waals surface area contributed by atoms with Crippen LogP contribution in [0.2, 0.25) is 0 Å². The van der Waals surface area contributed by atoms with Gasteiger partial charge in [0.2, 0.25) is 0 Å². The second kappa shape index (κ2) is 31.3. The quantitative estimate of drug-likeness (QED) is 0.0872. The van der Waals surface area contributed by atoms with Crippen molar-refractivity contribution in [3.63, 3.8) is 0 Å². The molecule has 43 heavy (non-hydrogen) atoms. The van der Waals surface area contributed by atoms with Crippen LogP contribution in [0.4, 0.5) is 0 Å². The van der Waals surface area contributed by atoms with E-state index < -0.39 is 0 Å². The summed E-state index contributed by atoms with van der Waals surface area (Å²) < 4.78 is 53.6. The van der Waals surface area contributed by atoms with Gasteiger partial charge in [0.05, 0.1) is 111 Å². The SMILES string of the molecule is CCCCCC(=O)OCCOCCOCCOCCOCCOCCOCCOCCOCCOC(=O)c1ccccc1. The zero-order valence-electron chi connectivity index (χ0n) is 25.8. The average Bonchev–Trinajstić information content (AvgIpc) is 3.02. The minimum atomic E-state index is -0.358. The number of rotatable bonds is 32. The molecule has 0 fully saturated rings. The number of hydrogen-bond acceptors (Lipinski definition) is 12. The van der Waals surface area contributed by atoms with Crippen LogP contribution in [0.3, 0.4) is 0 Å². The Morgan fingerprint density at radius 2 is 0.814 bits per heavy atom. The molecule has 0 amide bonds. The van der Waals surface area contributed by atoms with E-state index in [9.17, 15) is 9.59 Å². The number of esters is 2. The van der Waals surface area contributed by atoms with Crippen molar-refractivity contribution in [3.8, 4) is 0 Å². The van der Waals surface area contributed by atoms with E-state index >= 15 is 0 Å². The van der Waals surface area contributed by atoms with E-state index in [1.807, 2.05) is 6.07 Å². The van der Waals surface area contributed by atoms with E-state index in [4.69, 9.17) is 47.4 Å². The number of carbonyl (C=O) groups is 2. The van der Waals surface area contributed by atoms with Crippen molar-refractivity contribution >= 4 is 11.9 Å². The van der Waals surface area contributed by atoms with Crippen LogP contribution in [0.5, 0.6) is 0 Å². The zero-order valence-corrected chi connectivity index (χ0v) is 25.8. The first kappa shape index (κ1) is 38.9. The van der Waals surface area contributed by atoms with Gasteiger partial charge in [0, 0.05) is 6.42 Å². The van der Waals surface area contributed by atoms with Gasteiger partial charge in [-0.15, -0.1) is 0 Å². The summed E-state index contributed by atoms with van der Waals surface area (Å²) in [6.45, 7) is 9.84. The predicted octanol–water partition coefficient (Wildman–Crippen LogP) is 3.10. The molecule has 0 N–H and O–H groups in total. The number of benzene rings is 1. The van der Waals surface area contributed by atoms with E-state index in [1.165, 1.54) is 0 Å². The predicted molar refractivity (Wildman–Crippen MR) is 158 cm³/mol. The Morgan fingerprint density at radius 1 is 0.465 bits per heavy atom. The van der Waals surface area contributed by atoms with Crippen LogP contribution < -0.4 is 0 Å². The molecule has 0 heterocycles. The van der Waals surface area contributed by atoms with Crippen molar-refractivity contribution < 1.29 is 57.0 Å². The highest BCUT2D eigenvalue weighted by Gasteiger charge is 2.05. The lowest BCUT2D eigenvalue weighted by Gasteiger charge is -2.09. The molecule has 248 valence electrons. The van der Waals surface area contributed by atoms with Crippen LogP contribution in [0.1, 0.15) is 43.0 Å². The first-order valence-corrected chi connectivity index (χ1v) is 15.2. The van der Waals surface area contributed by atoms with Crippen LogP contribution in [-0.2, 0) is 52.2 Å². The first-order valence-electron chi connectivity index (χ1n) is 15.2. The second-order valence-corrected chi connectivity index (χ2v) is 9.08. The van der Waals surface area contributed by atoms with Gasteiger partial charge < -0.3 is 47.4 Å². The number of ether oxygens (including phenoxy) is 10. The van der Waals surface area contributed by atoms with Crippen LogP contribution >= 0.6 is 0 Å². The molecule has 1 rings (SSSR count). The molecule has 0 radical (unpaired) electrons. The molecular weight excluding hydrogens is 564 g/mol. The molecule has 12 heteroatoms. The third kappa shape index (κ3) is 27.1. The van der Waals surface area contributed by atoms with Gasteiger partial charge in [0.15, 0.2) is 0 Å². The van der Waals surface area contributed by atoms with E-state index in [0.29, 0.717) is 118 Å². The van der Waals surface area contributed by atoms with Crippen molar-refractivity contribution in [2.45, 2.75) is 32.6 Å². The molecule has 0 aliphatic carbocycles. The van der Waals surface area contributed by atoms with Crippen molar-refractivity contribution in [3.05, 3.63) is 35.9 Å². The highest BCUT2D eigenvalue weighted by molar-refractivity contribution is 5.89. The third-order valence-electron chi connectivity index (χ3n) is 5.55. The van der Waals surface area contributed by atoms with Crippen molar-refractivity contribution in [1.82, 2.24) is 0 Å². The topological polar surface area (TPSA) is 126 Å². The molecule has 0 atom stereocenters. The highest BCUT2D eigenvalue weighted by Crippen LogP contribution is 2.01. The van der Waals surface area contributed by atoms with Gasteiger partial charge in [-0.25, -0.2) is 4.79 Å². The Labute approximate surface area is 256 Å². The molecule has 12 nitrogen and oxygen atoms in total. The summed E-state index contributed by atoms with van der Waals surface area (Å²) in [5, 5.41) is 0. The number of hydrogen-bond donors (Lipinski definition) is 0. The minimum absolute atomic E-state index is 0.163. The fourth-order valence-electron chi connectivity index (χ4n) is 3.30. The Hall–Kier alpha value is -2.16. The number of unbranched alkanes of at least 4 members (excludes halogenated alkanes) is 2. The molecule has 0 aliphatic heterocycles. The molecule has 1 aromatic rings. The number of carbonyl (C=O) groups excluding carboxylic acids is 2. The van der Waals surface area contributed by atoms with Gasteiger partial charge in [-0.3, -0.25) is 4.79 Å². The Morgan fingerprint density at radius 3 is 1.19 bits per heavy atom. The summed E-state index contributed by atoms with van der Waals surface area (Å²) >= 11 is 0. The molecule has 0 aliphatic rings. The maximum absolute atomic E-state index is 11.8. The van der Waals surface area contributed by atoms with E-state index in [0.717, 1.165) is 19.3 Å². The van der Waals surface area contributed by atoms with Gasteiger partial charge in [0.1, 0.15) is 13.2 Å². The highest BCUT2D eigenvalue weighted by atomic mass is 16.6. The standard InChI is InChI=1S/C31H52O12/c1-2-3-5-10-30(32)42-27-25-40-23-21-38-19-17-36-15-13-34-11-12-35-14-16-37-18-20-39-22-24-41-26-28-43-31(33)29-8-6-4-7-9-29/h4,6-9H,2-3,5,10-28H2,1H3. The Balaban J connectivity index is 1.66. The summed E-state index contributed by atoms with van der Waals surface area (Å²) in [5.41, 5.74) is 0.524. The van der Waals surface area contributed by atoms with Gasteiger partial charge in [-0.1, -0.05) is 38.0 Å². The van der Waals surface area contributed by atoms with Crippen molar-refractivity contribution in [2.24, 2.45) is 0 Å². The molecule has 0 bridgehead atoms. The smallest absolute Gasteiger partial charge is 0.338 e. The molecule has 0 spiro atoms. The molecule has 0 saturated heterocycles. The van der Waals surface area contributed by atoms with Crippen LogP contribution in [0, 0.1) is 0 Å². The van der Waals surface area contributed by atoms with Crippen LogP contribution in [-0.4, -0.2) is 131 Å². The normalized spacial score (nSPS) is 11.1. The lowest BCUT2D eigenvalue weighted by atomic mass is 10.2. The second-order valence-electron chi connectivity index (χ2n) is 9.08. The van der Waals surface area contributed by atoms with Crippen molar-refractivity contribution in [2.75, 3.05) is 119 Å². The minimum Gasteiger partial charge on any atom is -0.463 e. The van der Waals surface area contributed by atoms with E-state index in [-0.39, 0.29) is 25.2 Å². The van der Waals surface area contributed by atoms with E-state index in [1.54, 1.807) is 24.3 Å². The fourth-order valence-corrected chi connectivity index (χ4v) is 3.30. The summed E-state index contributed by atoms with van der Waals surface area (Å²) in [6, 6.07) is 8.84. The van der Waals surface area contributed by atoms with Gasteiger partial charge in [-0.05, 0) is 18.6 Å². The summed E-state index contributed by atoms with van der Waals surface area (Å²) in [6.07, 6.45) is 3.48. The summed E-state index contributed by atoms with van der Waals surface area (Å²) in [5.74, 6) is -0.521. The van der Waals surface area contributed by atoms with Gasteiger partial charge in [-0.2, -0.15) is 0 Å². The summed E-state index contributed by atoms with van der Waals surface area (Å²) in [4.78, 5) is 23.2. The molecule has 0 unspecified atom stereocenters. The van der Waals surface area contributed by atoms with Gasteiger partial charge >= 0.3 is 11.9 Å². The largest absolute Gasteiger partial charge is 0.463 e. The maximum atomic E-state index is 11.8. The Bertz CT molecular complexity index is 750. The van der Waals surface area contributed by atoms with Gasteiger partial charge in [0.25, 0.3) is 0 Å². The lowest BCUT2D eigenvalue weighted by Crippen LogP contribution is -2.15. The molecule has 1 aromatic carbocycles. The zero-order chi connectivity index (χ0) is 30.9. The average molecular weight is 617 g/mol. The van der Waals surface area contributed by atoms with Crippen LogP contribution in [0.15, 0.2) is 30.3 Å². The van der Waals surface area contributed by atoms with Crippen LogP contribution in [0.25, 0.3) is 0 Å². The molecular formula is C31H52O12. The fraction of sp³-hybridized carbons (Fsp3) is 0.742. The third-order valence-corrected chi connectivity index (χ3v) is 5.55. The van der Waals surface area contributed by atoms with Crippen molar-refractivity contribution in [1.29, 1.82) is 0 Å². The summed E-state index contributed by atoms with van der Waals surface area (Å²) in [7, 11) is 0. The Kier molecular flexibility index (Phi) is 28.3.